The highest BCUT2D eigenvalue weighted by Gasteiger charge is 2.53. The summed E-state index contributed by atoms with van der Waals surface area (Å²) in [6.45, 7) is 0.0757. The maximum Gasteiger partial charge on any atom is 0.336 e. The molecule has 0 aromatic rings. The zero-order chi connectivity index (χ0) is 8.01. The molecule has 1 N–H and O–H groups in total. The first kappa shape index (κ1) is 6.60. The van der Waals surface area contributed by atoms with Gasteiger partial charge in [-0.25, -0.2) is 4.79 Å². The minimum atomic E-state index is -1.32. The van der Waals surface area contributed by atoms with Crippen LogP contribution in [0.15, 0.2) is 0 Å². The van der Waals surface area contributed by atoms with Crippen LogP contribution in [0.1, 0.15) is 0 Å². The summed E-state index contributed by atoms with van der Waals surface area (Å²) in [5.74, 6) is -2.06. The standard InChI is InChI=1S/C6H6O5/c7-4-3-2(11-6(4)9)1-10-5(3)8/h2-4,7H,1H2. The fourth-order valence-electron chi connectivity index (χ4n) is 1.32. The van der Waals surface area contributed by atoms with Crippen LogP contribution in [0.2, 0.25) is 0 Å². The minimum absolute atomic E-state index is 0.0757. The van der Waals surface area contributed by atoms with Gasteiger partial charge >= 0.3 is 11.9 Å². The molecule has 2 rings (SSSR count). The van der Waals surface area contributed by atoms with E-state index in [0.717, 1.165) is 0 Å². The number of ether oxygens (including phenoxy) is 2. The van der Waals surface area contributed by atoms with Crippen LogP contribution in [0, 0.1) is 5.92 Å². The third-order valence-electron chi connectivity index (χ3n) is 1.91. The van der Waals surface area contributed by atoms with Gasteiger partial charge in [0.25, 0.3) is 0 Å². The van der Waals surface area contributed by atoms with E-state index in [-0.39, 0.29) is 6.61 Å². The van der Waals surface area contributed by atoms with Gasteiger partial charge in [-0.2, -0.15) is 0 Å². The van der Waals surface area contributed by atoms with Crippen LogP contribution >= 0.6 is 0 Å². The quantitative estimate of drug-likeness (QED) is 0.432. The van der Waals surface area contributed by atoms with Crippen molar-refractivity contribution in [3.05, 3.63) is 0 Å². The van der Waals surface area contributed by atoms with Gasteiger partial charge in [0.1, 0.15) is 12.5 Å². The average Bonchev–Trinajstić information content (AvgIpc) is 2.41. The highest BCUT2D eigenvalue weighted by molar-refractivity contribution is 5.88. The molecule has 0 saturated carbocycles. The molecule has 3 atom stereocenters. The number of rotatable bonds is 0. The van der Waals surface area contributed by atoms with E-state index in [1.54, 1.807) is 0 Å². The summed E-state index contributed by atoms with van der Waals surface area (Å²) >= 11 is 0. The van der Waals surface area contributed by atoms with Gasteiger partial charge < -0.3 is 14.6 Å². The molecule has 2 heterocycles. The number of aliphatic hydroxyl groups is 1. The molecule has 2 aliphatic rings. The predicted molar refractivity (Wildman–Crippen MR) is 30.3 cm³/mol. The summed E-state index contributed by atoms with van der Waals surface area (Å²) in [6.07, 6.45) is -1.89. The first-order valence-corrected chi connectivity index (χ1v) is 3.25. The van der Waals surface area contributed by atoms with Gasteiger partial charge in [0.2, 0.25) is 0 Å². The van der Waals surface area contributed by atoms with E-state index in [0.29, 0.717) is 0 Å². The number of esters is 2. The van der Waals surface area contributed by atoms with Gasteiger partial charge in [-0.3, -0.25) is 4.79 Å². The van der Waals surface area contributed by atoms with Crippen molar-refractivity contribution in [1.82, 2.24) is 0 Å². The van der Waals surface area contributed by atoms with Crippen LogP contribution in [0.3, 0.4) is 0 Å². The van der Waals surface area contributed by atoms with Crippen LogP contribution in [0.5, 0.6) is 0 Å². The first-order valence-electron chi connectivity index (χ1n) is 3.25. The molecule has 2 aliphatic heterocycles. The first-order chi connectivity index (χ1) is 5.20. The van der Waals surface area contributed by atoms with Gasteiger partial charge in [0, 0.05) is 0 Å². The Morgan fingerprint density at radius 2 is 2.09 bits per heavy atom. The second kappa shape index (κ2) is 1.94. The molecule has 0 aromatic heterocycles. The smallest absolute Gasteiger partial charge is 0.336 e. The summed E-state index contributed by atoms with van der Waals surface area (Å²) in [6, 6.07) is 0. The lowest BCUT2D eigenvalue weighted by atomic mass is 10.0. The van der Waals surface area contributed by atoms with E-state index in [9.17, 15) is 9.59 Å². The molecule has 0 amide bonds. The van der Waals surface area contributed by atoms with Gasteiger partial charge in [0.15, 0.2) is 12.2 Å². The summed E-state index contributed by atoms with van der Waals surface area (Å²) < 4.78 is 9.20. The Morgan fingerprint density at radius 3 is 2.73 bits per heavy atom. The number of aliphatic hydroxyl groups excluding tert-OH is 1. The molecule has 5 nitrogen and oxygen atoms in total. The van der Waals surface area contributed by atoms with E-state index in [1.807, 2.05) is 0 Å². The number of carbonyl (C=O) groups is 2. The second-order valence-electron chi connectivity index (χ2n) is 2.58. The van der Waals surface area contributed by atoms with Gasteiger partial charge in [-0.1, -0.05) is 0 Å². The van der Waals surface area contributed by atoms with Crippen LogP contribution < -0.4 is 0 Å². The molecule has 2 saturated heterocycles. The Labute approximate surface area is 61.9 Å². The van der Waals surface area contributed by atoms with Crippen molar-refractivity contribution in [2.24, 2.45) is 5.92 Å². The summed E-state index contributed by atoms with van der Waals surface area (Å²) in [7, 11) is 0. The highest BCUT2D eigenvalue weighted by Crippen LogP contribution is 2.29. The van der Waals surface area contributed by atoms with Crippen LogP contribution in [0.25, 0.3) is 0 Å². The van der Waals surface area contributed by atoms with Crippen molar-refractivity contribution in [3.8, 4) is 0 Å². The molecular weight excluding hydrogens is 152 g/mol. The van der Waals surface area contributed by atoms with Gasteiger partial charge in [-0.15, -0.1) is 0 Å². The molecule has 60 valence electrons. The average molecular weight is 158 g/mol. The maximum atomic E-state index is 10.8. The van der Waals surface area contributed by atoms with Crippen molar-refractivity contribution in [2.75, 3.05) is 6.61 Å². The largest absolute Gasteiger partial charge is 0.461 e. The molecule has 11 heavy (non-hydrogen) atoms. The molecule has 0 aromatic carbocycles. The van der Waals surface area contributed by atoms with E-state index >= 15 is 0 Å². The molecule has 3 unspecified atom stereocenters. The zero-order valence-electron chi connectivity index (χ0n) is 5.52. The van der Waals surface area contributed by atoms with Crippen molar-refractivity contribution in [3.63, 3.8) is 0 Å². The molecule has 0 aliphatic carbocycles. The van der Waals surface area contributed by atoms with Crippen LogP contribution in [-0.4, -0.2) is 35.9 Å². The lowest BCUT2D eigenvalue weighted by Gasteiger charge is -2.00. The lowest BCUT2D eigenvalue weighted by molar-refractivity contribution is -0.154. The summed E-state index contributed by atoms with van der Waals surface area (Å²) in [5, 5.41) is 9.06. The molecular formula is C6H6O5. The normalized spacial score (nSPS) is 41.7. The Kier molecular flexibility index (Phi) is 1.17. The third kappa shape index (κ3) is 0.742. The maximum absolute atomic E-state index is 10.8. The van der Waals surface area contributed by atoms with E-state index in [2.05, 4.69) is 9.47 Å². The van der Waals surface area contributed by atoms with Crippen molar-refractivity contribution in [2.45, 2.75) is 12.2 Å². The minimum Gasteiger partial charge on any atom is -0.461 e. The molecule has 0 bridgehead atoms. The van der Waals surface area contributed by atoms with Crippen molar-refractivity contribution in [1.29, 1.82) is 0 Å². The number of fused-ring (bicyclic) bond motifs is 1. The predicted octanol–water partition coefficient (Wildman–Crippen LogP) is -1.55. The van der Waals surface area contributed by atoms with Gasteiger partial charge in [0.05, 0.1) is 0 Å². The van der Waals surface area contributed by atoms with Crippen LogP contribution in [0.4, 0.5) is 0 Å². The Morgan fingerprint density at radius 1 is 1.36 bits per heavy atom. The number of hydrogen-bond donors (Lipinski definition) is 1. The van der Waals surface area contributed by atoms with E-state index < -0.39 is 30.1 Å². The second-order valence-corrected chi connectivity index (χ2v) is 2.58. The van der Waals surface area contributed by atoms with Crippen molar-refractivity contribution >= 4 is 11.9 Å². The Balaban J connectivity index is 2.26. The van der Waals surface area contributed by atoms with Gasteiger partial charge in [-0.05, 0) is 0 Å². The SMILES string of the molecule is O=C1OC2COC(=O)C2C1O. The third-order valence-corrected chi connectivity index (χ3v) is 1.91. The Bertz CT molecular complexity index is 223. The molecule has 0 radical (unpaired) electrons. The van der Waals surface area contributed by atoms with Crippen molar-refractivity contribution < 1.29 is 24.2 Å². The summed E-state index contributed by atoms with van der Waals surface area (Å²) in [4.78, 5) is 21.5. The fourth-order valence-corrected chi connectivity index (χ4v) is 1.32. The van der Waals surface area contributed by atoms with E-state index in [1.165, 1.54) is 0 Å². The lowest BCUT2D eigenvalue weighted by Crippen LogP contribution is -2.27. The number of hydrogen-bond acceptors (Lipinski definition) is 5. The highest BCUT2D eigenvalue weighted by atomic mass is 16.6. The monoisotopic (exact) mass is 158 g/mol. The number of carbonyl (C=O) groups excluding carboxylic acids is 2. The van der Waals surface area contributed by atoms with E-state index in [4.69, 9.17) is 5.11 Å². The van der Waals surface area contributed by atoms with Crippen LogP contribution in [-0.2, 0) is 19.1 Å². The summed E-state index contributed by atoms with van der Waals surface area (Å²) in [5.41, 5.74) is 0. The fraction of sp³-hybridized carbons (Fsp3) is 0.667. The molecule has 0 spiro atoms. The number of cyclic esters (lactones) is 1. The molecule has 2 fully saturated rings. The topological polar surface area (TPSA) is 72.8 Å². The zero-order valence-corrected chi connectivity index (χ0v) is 5.52. The Hall–Kier alpha value is -1.10. The molecule has 5 heteroatoms.